The summed E-state index contributed by atoms with van der Waals surface area (Å²) in [6.45, 7) is 0. The van der Waals surface area contributed by atoms with E-state index in [1.54, 1.807) is 24.5 Å². The fraction of sp³-hybridized carbons (Fsp3) is 0. The maximum Gasteiger partial charge on any atom is 0.273 e. The molecule has 0 aliphatic rings. The molecule has 2 heterocycles. The number of benzene rings is 1. The van der Waals surface area contributed by atoms with Crippen LogP contribution >= 0.6 is 0 Å². The van der Waals surface area contributed by atoms with Gasteiger partial charge in [0.25, 0.3) is 5.91 Å². The minimum absolute atomic E-state index is 0.107. The van der Waals surface area contributed by atoms with E-state index < -0.39 is 17.5 Å². The van der Waals surface area contributed by atoms with Crippen LogP contribution in [0.4, 0.5) is 14.5 Å². The van der Waals surface area contributed by atoms with Crippen molar-refractivity contribution in [2.45, 2.75) is 0 Å². The highest BCUT2D eigenvalue weighted by Gasteiger charge is 2.13. The Balaban J connectivity index is 1.80. The predicted molar refractivity (Wildman–Crippen MR) is 76.1 cm³/mol. The molecule has 0 radical (unpaired) electrons. The van der Waals surface area contributed by atoms with E-state index in [2.05, 4.69) is 20.5 Å². The lowest BCUT2D eigenvalue weighted by atomic mass is 10.2. The molecule has 2 N–H and O–H groups in total. The Labute approximate surface area is 124 Å². The summed E-state index contributed by atoms with van der Waals surface area (Å²) in [4.78, 5) is 16.0. The molecule has 110 valence electrons. The summed E-state index contributed by atoms with van der Waals surface area (Å²) in [5, 5.41) is 8.93. The molecule has 0 saturated carbocycles. The monoisotopic (exact) mass is 300 g/mol. The number of H-pyrrole nitrogens is 1. The number of nitrogens with one attached hydrogen (secondary N) is 2. The molecule has 22 heavy (non-hydrogen) atoms. The predicted octanol–water partition coefficient (Wildman–Crippen LogP) is 3.00. The third-order valence-electron chi connectivity index (χ3n) is 2.96. The lowest BCUT2D eigenvalue weighted by Crippen LogP contribution is -2.13. The van der Waals surface area contributed by atoms with E-state index in [-0.39, 0.29) is 11.4 Å². The maximum absolute atomic E-state index is 13.5. The summed E-state index contributed by atoms with van der Waals surface area (Å²) in [6.07, 6.45) is 3.23. The average Bonchev–Trinajstić information content (AvgIpc) is 3.01. The summed E-state index contributed by atoms with van der Waals surface area (Å²) in [5.74, 6) is -2.13. The molecule has 0 aliphatic carbocycles. The Morgan fingerprint density at radius 1 is 1.18 bits per heavy atom. The molecule has 0 saturated heterocycles. The van der Waals surface area contributed by atoms with Crippen molar-refractivity contribution in [1.29, 1.82) is 0 Å². The van der Waals surface area contributed by atoms with Gasteiger partial charge in [0.1, 0.15) is 17.3 Å². The van der Waals surface area contributed by atoms with Crippen LogP contribution in [-0.2, 0) is 0 Å². The largest absolute Gasteiger partial charge is 0.318 e. The number of pyridine rings is 1. The quantitative estimate of drug-likeness (QED) is 0.781. The number of aromatic amines is 1. The lowest BCUT2D eigenvalue weighted by molar-refractivity contribution is 0.102. The van der Waals surface area contributed by atoms with E-state index in [9.17, 15) is 13.6 Å². The van der Waals surface area contributed by atoms with Crippen LogP contribution in [0, 0.1) is 11.6 Å². The SMILES string of the molecule is O=C(Nc1ccc(F)cc1F)c1cc(-c2cccnc2)n[nH]1. The highest BCUT2D eigenvalue weighted by Crippen LogP contribution is 2.18. The summed E-state index contributed by atoms with van der Waals surface area (Å²) in [7, 11) is 0. The van der Waals surface area contributed by atoms with E-state index in [0.29, 0.717) is 11.8 Å². The number of aromatic nitrogens is 3. The minimum atomic E-state index is -0.847. The molecule has 2 aromatic heterocycles. The van der Waals surface area contributed by atoms with Crippen molar-refractivity contribution in [3.05, 3.63) is 66.1 Å². The molecule has 7 heteroatoms. The second kappa shape index (κ2) is 5.72. The van der Waals surface area contributed by atoms with Crippen LogP contribution in [0.2, 0.25) is 0 Å². The first kappa shape index (κ1) is 13.9. The van der Waals surface area contributed by atoms with Crippen LogP contribution in [-0.4, -0.2) is 21.1 Å². The van der Waals surface area contributed by atoms with Crippen LogP contribution in [0.3, 0.4) is 0 Å². The highest BCUT2D eigenvalue weighted by molar-refractivity contribution is 6.03. The normalized spacial score (nSPS) is 10.5. The van der Waals surface area contributed by atoms with Gasteiger partial charge in [-0.25, -0.2) is 8.78 Å². The standard InChI is InChI=1S/C15H10F2N4O/c16-10-3-4-12(11(17)6-10)19-15(22)14-7-13(20-21-14)9-2-1-5-18-8-9/h1-8H,(H,19,22)(H,20,21). The zero-order chi connectivity index (χ0) is 15.5. The van der Waals surface area contributed by atoms with Crippen molar-refractivity contribution < 1.29 is 13.6 Å². The minimum Gasteiger partial charge on any atom is -0.318 e. The molecule has 0 bridgehead atoms. The van der Waals surface area contributed by atoms with Gasteiger partial charge in [-0.2, -0.15) is 5.10 Å². The molecule has 3 rings (SSSR count). The Bertz CT molecular complexity index is 817. The van der Waals surface area contributed by atoms with E-state index in [0.717, 1.165) is 17.7 Å². The van der Waals surface area contributed by atoms with Gasteiger partial charge in [0.15, 0.2) is 0 Å². The van der Waals surface area contributed by atoms with Crippen molar-refractivity contribution in [2.24, 2.45) is 0 Å². The second-order valence-electron chi connectivity index (χ2n) is 4.49. The summed E-state index contributed by atoms with van der Waals surface area (Å²) >= 11 is 0. The van der Waals surface area contributed by atoms with Crippen molar-refractivity contribution in [3.63, 3.8) is 0 Å². The molecule has 0 fully saturated rings. The molecule has 3 aromatic rings. The van der Waals surface area contributed by atoms with Crippen molar-refractivity contribution in [3.8, 4) is 11.3 Å². The second-order valence-corrected chi connectivity index (χ2v) is 4.49. The third kappa shape index (κ3) is 2.83. The molecular formula is C15H10F2N4O. The van der Waals surface area contributed by atoms with Crippen molar-refractivity contribution in [2.75, 3.05) is 5.32 Å². The van der Waals surface area contributed by atoms with E-state index in [1.165, 1.54) is 6.07 Å². The number of hydrogen-bond acceptors (Lipinski definition) is 3. The van der Waals surface area contributed by atoms with E-state index in [1.807, 2.05) is 0 Å². The number of nitrogens with zero attached hydrogens (tertiary/aromatic N) is 2. The smallest absolute Gasteiger partial charge is 0.273 e. The first-order valence-electron chi connectivity index (χ1n) is 6.36. The zero-order valence-corrected chi connectivity index (χ0v) is 11.2. The fourth-order valence-corrected chi connectivity index (χ4v) is 1.88. The first-order chi connectivity index (χ1) is 10.6. The number of carbonyl (C=O) groups is 1. The fourth-order valence-electron chi connectivity index (χ4n) is 1.88. The van der Waals surface area contributed by atoms with Gasteiger partial charge in [-0.1, -0.05) is 0 Å². The number of amides is 1. The van der Waals surface area contributed by atoms with Crippen molar-refractivity contribution >= 4 is 11.6 Å². The summed E-state index contributed by atoms with van der Waals surface area (Å²) in [5.41, 5.74) is 1.33. The van der Waals surface area contributed by atoms with Gasteiger partial charge in [-0.15, -0.1) is 0 Å². The molecule has 0 spiro atoms. The summed E-state index contributed by atoms with van der Waals surface area (Å²) < 4.78 is 26.3. The lowest BCUT2D eigenvalue weighted by Gasteiger charge is -2.04. The molecule has 0 atom stereocenters. The van der Waals surface area contributed by atoms with Gasteiger partial charge in [0.2, 0.25) is 0 Å². The topological polar surface area (TPSA) is 70.7 Å². The molecule has 1 aromatic carbocycles. The van der Waals surface area contributed by atoms with Crippen molar-refractivity contribution in [1.82, 2.24) is 15.2 Å². The number of halogens is 2. The van der Waals surface area contributed by atoms with Crippen LogP contribution in [0.1, 0.15) is 10.5 Å². The molecular weight excluding hydrogens is 290 g/mol. The average molecular weight is 300 g/mol. The Morgan fingerprint density at radius 2 is 2.05 bits per heavy atom. The van der Waals surface area contributed by atoms with Gasteiger partial charge in [0, 0.05) is 24.0 Å². The molecule has 1 amide bonds. The highest BCUT2D eigenvalue weighted by atomic mass is 19.1. The number of anilines is 1. The maximum atomic E-state index is 13.5. The molecule has 0 unspecified atom stereocenters. The number of carbonyl (C=O) groups excluding carboxylic acids is 1. The zero-order valence-electron chi connectivity index (χ0n) is 11.2. The van der Waals surface area contributed by atoms with E-state index >= 15 is 0 Å². The molecule has 0 aliphatic heterocycles. The Morgan fingerprint density at radius 3 is 2.77 bits per heavy atom. The van der Waals surface area contributed by atoms with Gasteiger partial charge < -0.3 is 5.32 Å². The van der Waals surface area contributed by atoms with Gasteiger partial charge in [0.05, 0.1) is 11.4 Å². The number of hydrogen-bond donors (Lipinski definition) is 2. The molecule has 5 nitrogen and oxygen atoms in total. The van der Waals surface area contributed by atoms with Gasteiger partial charge >= 0.3 is 0 Å². The number of rotatable bonds is 3. The van der Waals surface area contributed by atoms with Crippen LogP contribution in [0.15, 0.2) is 48.8 Å². The Hall–Kier alpha value is -3.09. The summed E-state index contributed by atoms with van der Waals surface area (Å²) in [6, 6.07) is 7.98. The van der Waals surface area contributed by atoms with Crippen LogP contribution < -0.4 is 5.32 Å². The van der Waals surface area contributed by atoms with Crippen LogP contribution in [0.25, 0.3) is 11.3 Å². The van der Waals surface area contributed by atoms with E-state index in [4.69, 9.17) is 0 Å². The Kier molecular flexibility index (Phi) is 3.61. The first-order valence-corrected chi connectivity index (χ1v) is 6.36. The third-order valence-corrected chi connectivity index (χ3v) is 2.96. The van der Waals surface area contributed by atoms with Gasteiger partial charge in [-0.3, -0.25) is 14.9 Å². The van der Waals surface area contributed by atoms with Gasteiger partial charge in [-0.05, 0) is 30.3 Å². The van der Waals surface area contributed by atoms with Crippen LogP contribution in [0.5, 0.6) is 0 Å².